The lowest BCUT2D eigenvalue weighted by molar-refractivity contribution is -0.141. The molecular formula is C8H4BrF3N2. The fourth-order valence-electron chi connectivity index (χ4n) is 0.867. The molecule has 14 heavy (non-hydrogen) atoms. The van der Waals surface area contributed by atoms with Crippen molar-refractivity contribution in [3.63, 3.8) is 0 Å². The fraction of sp³-hybridized carbons (Fsp3) is 0.250. The van der Waals surface area contributed by atoms with Crippen LogP contribution in [-0.4, -0.2) is 4.98 Å². The van der Waals surface area contributed by atoms with Crippen LogP contribution >= 0.6 is 15.9 Å². The Morgan fingerprint density at radius 3 is 2.57 bits per heavy atom. The van der Waals surface area contributed by atoms with Crippen LogP contribution in [0.25, 0.3) is 0 Å². The van der Waals surface area contributed by atoms with Gasteiger partial charge in [-0.15, -0.1) is 0 Å². The molecule has 6 heteroatoms. The highest BCUT2D eigenvalue weighted by Gasteiger charge is 2.32. The zero-order chi connectivity index (χ0) is 10.8. The van der Waals surface area contributed by atoms with Gasteiger partial charge >= 0.3 is 6.18 Å². The topological polar surface area (TPSA) is 36.7 Å². The van der Waals surface area contributed by atoms with E-state index in [0.717, 1.165) is 6.07 Å². The first-order valence-electron chi connectivity index (χ1n) is 3.54. The van der Waals surface area contributed by atoms with E-state index in [2.05, 4.69) is 20.9 Å². The lowest BCUT2D eigenvalue weighted by atomic mass is 10.2. The molecule has 1 heterocycles. The summed E-state index contributed by atoms with van der Waals surface area (Å²) in [6.07, 6.45) is -4.61. The van der Waals surface area contributed by atoms with E-state index in [0.29, 0.717) is 0 Å². The van der Waals surface area contributed by atoms with Crippen LogP contribution in [0.3, 0.4) is 0 Å². The van der Waals surface area contributed by atoms with Crippen molar-refractivity contribution in [2.45, 2.75) is 12.6 Å². The Morgan fingerprint density at radius 2 is 2.07 bits per heavy atom. The van der Waals surface area contributed by atoms with E-state index in [9.17, 15) is 13.2 Å². The first-order chi connectivity index (χ1) is 6.43. The summed E-state index contributed by atoms with van der Waals surface area (Å²) in [6.45, 7) is 0. The van der Waals surface area contributed by atoms with E-state index in [1.165, 1.54) is 6.07 Å². The third kappa shape index (κ3) is 2.70. The Morgan fingerprint density at radius 1 is 1.43 bits per heavy atom. The predicted molar refractivity (Wildman–Crippen MR) is 46.3 cm³/mol. The first kappa shape index (κ1) is 11.0. The quantitative estimate of drug-likeness (QED) is 0.782. The summed E-state index contributed by atoms with van der Waals surface area (Å²) in [5.74, 6) is 0. The second-order valence-electron chi connectivity index (χ2n) is 2.49. The minimum absolute atomic E-state index is 0.106. The minimum atomic E-state index is -4.48. The van der Waals surface area contributed by atoms with Gasteiger partial charge in [-0.25, -0.2) is 4.98 Å². The van der Waals surface area contributed by atoms with E-state index < -0.39 is 11.9 Å². The van der Waals surface area contributed by atoms with Crippen molar-refractivity contribution in [1.29, 1.82) is 5.26 Å². The molecular weight excluding hydrogens is 261 g/mol. The zero-order valence-corrected chi connectivity index (χ0v) is 8.35. The zero-order valence-electron chi connectivity index (χ0n) is 6.77. The van der Waals surface area contributed by atoms with Crippen molar-refractivity contribution in [3.05, 3.63) is 28.0 Å². The van der Waals surface area contributed by atoms with Crippen LogP contribution in [0.1, 0.15) is 11.4 Å². The van der Waals surface area contributed by atoms with Crippen LogP contribution in [0.2, 0.25) is 0 Å². The molecule has 0 amide bonds. The Bertz CT molecular complexity index is 381. The van der Waals surface area contributed by atoms with Crippen molar-refractivity contribution < 1.29 is 13.2 Å². The molecule has 0 saturated heterocycles. The molecule has 0 N–H and O–H groups in total. The van der Waals surface area contributed by atoms with Crippen molar-refractivity contribution in [2.24, 2.45) is 0 Å². The SMILES string of the molecule is N#CCc1cc(Br)cc(C(F)(F)F)n1. The molecule has 0 atom stereocenters. The smallest absolute Gasteiger partial charge is 0.247 e. The van der Waals surface area contributed by atoms with Crippen LogP contribution in [0.15, 0.2) is 16.6 Å². The molecule has 0 aliphatic heterocycles. The number of hydrogen-bond acceptors (Lipinski definition) is 2. The Labute approximate surface area is 86.5 Å². The predicted octanol–water partition coefficient (Wildman–Crippen LogP) is 2.93. The van der Waals surface area contributed by atoms with E-state index in [4.69, 9.17) is 5.26 Å². The normalized spacial score (nSPS) is 11.1. The van der Waals surface area contributed by atoms with Crippen LogP contribution in [0.5, 0.6) is 0 Å². The Balaban J connectivity index is 3.15. The van der Waals surface area contributed by atoms with E-state index in [1.807, 2.05) is 0 Å². The van der Waals surface area contributed by atoms with Crippen molar-refractivity contribution in [3.8, 4) is 6.07 Å². The van der Waals surface area contributed by atoms with Gasteiger partial charge in [0.05, 0.1) is 18.2 Å². The summed E-state index contributed by atoms with van der Waals surface area (Å²) in [7, 11) is 0. The monoisotopic (exact) mass is 264 g/mol. The summed E-state index contributed by atoms with van der Waals surface area (Å²) in [5, 5.41) is 8.32. The number of halogens is 4. The van der Waals surface area contributed by atoms with Gasteiger partial charge < -0.3 is 0 Å². The molecule has 0 radical (unpaired) electrons. The lowest BCUT2D eigenvalue weighted by Crippen LogP contribution is -2.09. The van der Waals surface area contributed by atoms with Gasteiger partial charge in [0.2, 0.25) is 0 Å². The molecule has 0 aromatic carbocycles. The molecule has 2 nitrogen and oxygen atoms in total. The molecule has 0 aliphatic rings. The molecule has 1 rings (SSSR count). The molecule has 0 unspecified atom stereocenters. The highest BCUT2D eigenvalue weighted by Crippen LogP contribution is 2.29. The number of nitriles is 1. The molecule has 0 saturated carbocycles. The molecule has 0 bridgehead atoms. The number of alkyl halides is 3. The first-order valence-corrected chi connectivity index (χ1v) is 4.33. The van der Waals surface area contributed by atoms with E-state index in [-0.39, 0.29) is 16.6 Å². The maximum Gasteiger partial charge on any atom is 0.433 e. The number of rotatable bonds is 1. The number of nitrogens with zero attached hydrogens (tertiary/aromatic N) is 2. The Hall–Kier alpha value is -1.09. The highest BCUT2D eigenvalue weighted by atomic mass is 79.9. The number of hydrogen-bond donors (Lipinski definition) is 0. The third-order valence-corrected chi connectivity index (χ3v) is 1.85. The average molecular weight is 265 g/mol. The molecule has 0 aliphatic carbocycles. The van der Waals surface area contributed by atoms with Crippen molar-refractivity contribution in [1.82, 2.24) is 4.98 Å². The van der Waals surface area contributed by atoms with Crippen LogP contribution in [0.4, 0.5) is 13.2 Å². The third-order valence-electron chi connectivity index (χ3n) is 1.39. The van der Waals surface area contributed by atoms with Crippen LogP contribution in [0, 0.1) is 11.3 Å². The van der Waals surface area contributed by atoms with Gasteiger partial charge in [-0.3, -0.25) is 0 Å². The van der Waals surface area contributed by atoms with E-state index in [1.54, 1.807) is 6.07 Å². The second-order valence-corrected chi connectivity index (χ2v) is 3.41. The maximum atomic E-state index is 12.2. The van der Waals surface area contributed by atoms with Crippen LogP contribution in [-0.2, 0) is 12.6 Å². The summed E-state index contributed by atoms with van der Waals surface area (Å²) in [6, 6.07) is 4.00. The fourth-order valence-corrected chi connectivity index (χ4v) is 1.35. The molecule has 0 spiro atoms. The Kier molecular flexibility index (Phi) is 3.11. The maximum absolute atomic E-state index is 12.2. The van der Waals surface area contributed by atoms with E-state index >= 15 is 0 Å². The molecule has 0 fully saturated rings. The minimum Gasteiger partial charge on any atom is -0.247 e. The largest absolute Gasteiger partial charge is 0.433 e. The average Bonchev–Trinajstić information content (AvgIpc) is 2.02. The van der Waals surface area contributed by atoms with Gasteiger partial charge in [-0.1, -0.05) is 15.9 Å². The summed E-state index contributed by atoms with van der Waals surface area (Å²) in [5.41, 5.74) is -0.883. The standard InChI is InChI=1S/C8H4BrF3N2/c9-5-3-6(1-2-13)14-7(4-5)8(10,11)12/h3-4H,1H2. The van der Waals surface area contributed by atoms with Gasteiger partial charge in [0.15, 0.2) is 0 Å². The van der Waals surface area contributed by atoms with Crippen molar-refractivity contribution >= 4 is 15.9 Å². The van der Waals surface area contributed by atoms with Gasteiger partial charge in [-0.05, 0) is 12.1 Å². The number of pyridine rings is 1. The van der Waals surface area contributed by atoms with Gasteiger partial charge in [0.1, 0.15) is 5.69 Å². The van der Waals surface area contributed by atoms with Crippen LogP contribution < -0.4 is 0 Å². The molecule has 1 aromatic rings. The molecule has 74 valence electrons. The second kappa shape index (κ2) is 3.96. The van der Waals surface area contributed by atoms with Gasteiger partial charge in [0, 0.05) is 4.47 Å². The number of aromatic nitrogens is 1. The molecule has 1 aromatic heterocycles. The van der Waals surface area contributed by atoms with Crippen molar-refractivity contribution in [2.75, 3.05) is 0 Å². The van der Waals surface area contributed by atoms with Gasteiger partial charge in [-0.2, -0.15) is 18.4 Å². The highest BCUT2D eigenvalue weighted by molar-refractivity contribution is 9.10. The summed E-state index contributed by atoms with van der Waals surface area (Å²) in [4.78, 5) is 3.32. The summed E-state index contributed by atoms with van der Waals surface area (Å²) >= 11 is 2.93. The van der Waals surface area contributed by atoms with Gasteiger partial charge in [0.25, 0.3) is 0 Å². The summed E-state index contributed by atoms with van der Waals surface area (Å²) < 4.78 is 36.9. The lowest BCUT2D eigenvalue weighted by Gasteiger charge is -2.07.